The molecule has 0 aliphatic carbocycles. The van der Waals surface area contributed by atoms with E-state index in [1.807, 2.05) is 20.1 Å². The second-order valence-corrected chi connectivity index (χ2v) is 10.8. The van der Waals surface area contributed by atoms with Crippen LogP contribution < -0.4 is 10.6 Å². The van der Waals surface area contributed by atoms with Crippen LogP contribution in [0.25, 0.3) is 0 Å². The Balaban J connectivity index is 2.62. The molecule has 2 unspecified atom stereocenters. The summed E-state index contributed by atoms with van der Waals surface area (Å²) in [6.07, 6.45) is 14.0. The molecule has 0 spiro atoms. The van der Waals surface area contributed by atoms with Crippen molar-refractivity contribution in [2.24, 2.45) is 10.9 Å². The molecular formula is C35H50FN3O. The number of dihydropyridines is 1. The zero-order valence-corrected chi connectivity index (χ0v) is 26.0. The van der Waals surface area contributed by atoms with Gasteiger partial charge in [-0.1, -0.05) is 78.3 Å². The molecule has 0 amide bonds. The van der Waals surface area contributed by atoms with Gasteiger partial charge in [0.05, 0.1) is 22.9 Å². The maximum Gasteiger partial charge on any atom is 0.146 e. The highest BCUT2D eigenvalue weighted by Gasteiger charge is 2.41. The lowest BCUT2D eigenvalue weighted by molar-refractivity contribution is -0.129. The molecule has 2 N–H and O–H groups in total. The van der Waals surface area contributed by atoms with E-state index in [-0.39, 0.29) is 12.0 Å². The Labute approximate surface area is 242 Å². The number of aliphatic imine (C=N–C) groups is 1. The molecule has 0 aromatic heterocycles. The van der Waals surface area contributed by atoms with Crippen LogP contribution in [0.2, 0.25) is 0 Å². The second kappa shape index (κ2) is 15.5. The van der Waals surface area contributed by atoms with Gasteiger partial charge in [-0.15, -0.1) is 0 Å². The molecule has 0 saturated carbocycles. The molecule has 1 aromatic carbocycles. The van der Waals surface area contributed by atoms with E-state index in [0.29, 0.717) is 17.3 Å². The number of benzene rings is 1. The lowest BCUT2D eigenvalue weighted by atomic mass is 9.65. The van der Waals surface area contributed by atoms with Crippen LogP contribution in [-0.4, -0.2) is 12.0 Å². The number of rotatable bonds is 15. The Morgan fingerprint density at radius 2 is 1.88 bits per heavy atom. The normalized spacial score (nSPS) is 17.5. The Morgan fingerprint density at radius 3 is 2.40 bits per heavy atom. The van der Waals surface area contributed by atoms with Crippen molar-refractivity contribution in [2.45, 2.75) is 105 Å². The number of hydrogen-bond donors (Lipinski definition) is 2. The van der Waals surface area contributed by atoms with Crippen LogP contribution in [0.5, 0.6) is 0 Å². The van der Waals surface area contributed by atoms with Gasteiger partial charge in [0.25, 0.3) is 0 Å². The quantitative estimate of drug-likeness (QED) is 0.170. The topological polar surface area (TPSA) is 53.5 Å². The number of nitrogens with one attached hydrogen (secondary N) is 2. The Morgan fingerprint density at radius 1 is 1.20 bits per heavy atom. The number of allylic oxidation sites excluding steroid dienone is 5. The van der Waals surface area contributed by atoms with Gasteiger partial charge in [-0.05, 0) is 81.4 Å². The fourth-order valence-corrected chi connectivity index (χ4v) is 5.65. The molecule has 0 fully saturated rings. The molecule has 2 rings (SSSR count). The molecule has 4 nitrogen and oxygen atoms in total. The lowest BCUT2D eigenvalue weighted by Crippen LogP contribution is -2.40. The number of carbonyl (C=O) groups excluding carboxylic acids is 1. The second-order valence-electron chi connectivity index (χ2n) is 10.8. The standard InChI is InChI=1S/C35H50FN3O/c1-10-16-30(29(36)15-6)38-34-26(9)31(37-21-13-4)23-32(39-34)27-17-18-28(25(8)22-27)35(19-11-2,20-12-3)33(40)24(7)14-5/h10,15-18,21-24,32,38-39H,6,11-14,19-20H2,1-5,7-9H3/b16-10-,30-29-,37-21?. The largest absolute Gasteiger partial charge is 0.361 e. The third kappa shape index (κ3) is 7.50. The number of carbonyl (C=O) groups is 1. The summed E-state index contributed by atoms with van der Waals surface area (Å²) in [7, 11) is 0. The van der Waals surface area contributed by atoms with Gasteiger partial charge in [0.15, 0.2) is 0 Å². The first kappa shape index (κ1) is 33.0. The highest BCUT2D eigenvalue weighted by Crippen LogP contribution is 2.41. The van der Waals surface area contributed by atoms with E-state index < -0.39 is 11.2 Å². The van der Waals surface area contributed by atoms with E-state index in [9.17, 15) is 9.18 Å². The Bertz CT molecular complexity index is 1190. The summed E-state index contributed by atoms with van der Waals surface area (Å²) in [6.45, 7) is 20.1. The van der Waals surface area contributed by atoms with Gasteiger partial charge >= 0.3 is 0 Å². The van der Waals surface area contributed by atoms with Crippen molar-refractivity contribution in [3.05, 3.63) is 94.4 Å². The van der Waals surface area contributed by atoms with Crippen LogP contribution in [0.4, 0.5) is 4.39 Å². The molecule has 0 saturated heterocycles. The van der Waals surface area contributed by atoms with E-state index in [2.05, 4.69) is 83.0 Å². The summed E-state index contributed by atoms with van der Waals surface area (Å²) < 4.78 is 14.6. The monoisotopic (exact) mass is 547 g/mol. The number of ketones is 1. The van der Waals surface area contributed by atoms with E-state index in [4.69, 9.17) is 4.99 Å². The number of Topliss-reactive ketones (excluding diaryl/α,β-unsaturated/α-hetero) is 1. The van der Waals surface area contributed by atoms with Gasteiger partial charge in [0, 0.05) is 17.7 Å². The molecule has 40 heavy (non-hydrogen) atoms. The van der Waals surface area contributed by atoms with Crippen molar-refractivity contribution in [1.82, 2.24) is 10.6 Å². The highest BCUT2D eigenvalue weighted by atomic mass is 19.1. The maximum absolute atomic E-state index is 14.6. The highest BCUT2D eigenvalue weighted by molar-refractivity contribution is 5.92. The van der Waals surface area contributed by atoms with Crippen molar-refractivity contribution < 1.29 is 9.18 Å². The molecule has 0 radical (unpaired) electrons. The summed E-state index contributed by atoms with van der Waals surface area (Å²) in [4.78, 5) is 18.6. The molecule has 218 valence electrons. The minimum Gasteiger partial charge on any atom is -0.361 e. The minimum atomic E-state index is -0.467. The van der Waals surface area contributed by atoms with Crippen molar-refractivity contribution in [3.8, 4) is 0 Å². The van der Waals surface area contributed by atoms with Gasteiger partial charge in [-0.3, -0.25) is 9.79 Å². The van der Waals surface area contributed by atoms with Gasteiger partial charge < -0.3 is 10.6 Å². The van der Waals surface area contributed by atoms with Crippen LogP contribution in [0.3, 0.4) is 0 Å². The fourth-order valence-electron chi connectivity index (χ4n) is 5.65. The number of nitrogens with zero attached hydrogens (tertiary/aromatic N) is 1. The summed E-state index contributed by atoms with van der Waals surface area (Å²) in [5.74, 6) is 0.648. The van der Waals surface area contributed by atoms with Crippen molar-refractivity contribution >= 4 is 12.0 Å². The van der Waals surface area contributed by atoms with Crippen LogP contribution >= 0.6 is 0 Å². The van der Waals surface area contributed by atoms with Crippen molar-refractivity contribution in [3.63, 3.8) is 0 Å². The number of aryl methyl sites for hydroxylation is 1. The first-order chi connectivity index (χ1) is 19.1. The van der Waals surface area contributed by atoms with Gasteiger partial charge in [-0.25, -0.2) is 4.39 Å². The minimum absolute atomic E-state index is 0.0243. The molecular weight excluding hydrogens is 497 g/mol. The zero-order chi connectivity index (χ0) is 29.9. The zero-order valence-electron chi connectivity index (χ0n) is 26.0. The molecule has 2 atom stereocenters. The van der Waals surface area contributed by atoms with E-state index in [1.165, 1.54) is 6.08 Å². The third-order valence-electron chi connectivity index (χ3n) is 7.84. The van der Waals surface area contributed by atoms with Crippen LogP contribution in [0.1, 0.15) is 110 Å². The fraction of sp³-hybridized carbons (Fsp3) is 0.486. The van der Waals surface area contributed by atoms with Crippen LogP contribution in [0, 0.1) is 12.8 Å². The summed E-state index contributed by atoms with van der Waals surface area (Å²) in [6, 6.07) is 6.31. The molecule has 5 heteroatoms. The number of hydrogen-bond acceptors (Lipinski definition) is 4. The van der Waals surface area contributed by atoms with Crippen molar-refractivity contribution in [2.75, 3.05) is 0 Å². The molecule has 1 aliphatic heterocycles. The SMILES string of the molecule is C=C/C(F)=C(\C=C/C)NC1=C(C)C(N=CCC)=CC(c2ccc(C(CCC)(CCC)C(=O)C(C)CC)c(C)c2)N1. The van der Waals surface area contributed by atoms with E-state index in [1.54, 1.807) is 12.2 Å². The predicted octanol–water partition coefficient (Wildman–Crippen LogP) is 9.22. The van der Waals surface area contributed by atoms with E-state index in [0.717, 1.165) is 66.5 Å². The Kier molecular flexibility index (Phi) is 12.8. The Hall–Kier alpha value is -3.21. The van der Waals surface area contributed by atoms with Gasteiger partial charge in [0.1, 0.15) is 17.4 Å². The number of halogens is 1. The van der Waals surface area contributed by atoms with Crippen molar-refractivity contribution in [1.29, 1.82) is 0 Å². The van der Waals surface area contributed by atoms with Gasteiger partial charge in [-0.2, -0.15) is 0 Å². The van der Waals surface area contributed by atoms with Gasteiger partial charge in [0.2, 0.25) is 0 Å². The first-order valence-electron chi connectivity index (χ1n) is 14.9. The summed E-state index contributed by atoms with van der Waals surface area (Å²) >= 11 is 0. The lowest BCUT2D eigenvalue weighted by Gasteiger charge is -2.37. The third-order valence-corrected chi connectivity index (χ3v) is 7.84. The smallest absolute Gasteiger partial charge is 0.146 e. The molecule has 0 bridgehead atoms. The molecule has 1 aromatic rings. The average Bonchev–Trinajstić information content (AvgIpc) is 2.95. The summed E-state index contributed by atoms with van der Waals surface area (Å²) in [5, 5.41) is 6.80. The van der Waals surface area contributed by atoms with Crippen LogP contribution in [0.15, 0.2) is 82.7 Å². The maximum atomic E-state index is 14.6. The average molecular weight is 548 g/mol. The van der Waals surface area contributed by atoms with Crippen LogP contribution in [-0.2, 0) is 10.2 Å². The summed E-state index contributed by atoms with van der Waals surface area (Å²) in [5.41, 5.74) is 4.94. The van der Waals surface area contributed by atoms with E-state index >= 15 is 0 Å². The molecule has 1 aliphatic rings. The predicted molar refractivity (Wildman–Crippen MR) is 169 cm³/mol. The first-order valence-corrected chi connectivity index (χ1v) is 14.9. The molecule has 1 heterocycles.